The Kier molecular flexibility index (Phi) is 5.98. The van der Waals surface area contributed by atoms with Crippen molar-refractivity contribution in [3.63, 3.8) is 0 Å². The molecule has 0 unspecified atom stereocenters. The maximum Gasteiger partial charge on any atom is 0.409 e. The molecule has 0 bridgehead atoms. The zero-order chi connectivity index (χ0) is 20.1. The monoisotopic (exact) mass is 385 g/mol. The van der Waals surface area contributed by atoms with Crippen LogP contribution in [0.15, 0.2) is 36.4 Å². The van der Waals surface area contributed by atoms with Gasteiger partial charge in [-0.25, -0.2) is 4.79 Å². The van der Waals surface area contributed by atoms with Gasteiger partial charge in [-0.1, -0.05) is 24.3 Å². The van der Waals surface area contributed by atoms with Crippen molar-refractivity contribution < 1.29 is 24.2 Å². The largest absolute Gasteiger partial charge is 0.507 e. The second-order valence-corrected chi connectivity index (χ2v) is 6.57. The third-order valence-corrected chi connectivity index (χ3v) is 4.71. The Bertz CT molecular complexity index is 891. The van der Waals surface area contributed by atoms with Gasteiger partial charge in [-0.05, 0) is 31.9 Å². The highest BCUT2D eigenvalue weighted by molar-refractivity contribution is 6.40. The molecule has 1 aliphatic rings. The summed E-state index contributed by atoms with van der Waals surface area (Å²) in [5.74, 6) is -1.40. The van der Waals surface area contributed by atoms with Crippen molar-refractivity contribution in [2.75, 3.05) is 25.0 Å². The van der Waals surface area contributed by atoms with Crippen LogP contribution >= 0.6 is 0 Å². The van der Waals surface area contributed by atoms with Crippen molar-refractivity contribution in [1.29, 1.82) is 0 Å². The van der Waals surface area contributed by atoms with Crippen LogP contribution in [-0.4, -0.2) is 53.7 Å². The first-order chi connectivity index (χ1) is 13.5. The fourth-order valence-electron chi connectivity index (χ4n) is 3.25. The smallest absolute Gasteiger partial charge is 0.409 e. The highest BCUT2D eigenvalue weighted by atomic mass is 16.6. The molecule has 2 aromatic rings. The number of anilines is 1. The van der Waals surface area contributed by atoms with Gasteiger partial charge < -0.3 is 25.4 Å². The molecule has 3 rings (SSSR count). The lowest BCUT2D eigenvalue weighted by Crippen LogP contribution is -2.49. The Hall–Kier alpha value is -3.29. The molecule has 1 saturated heterocycles. The van der Waals surface area contributed by atoms with E-state index < -0.39 is 11.8 Å². The van der Waals surface area contributed by atoms with Crippen LogP contribution in [0.3, 0.4) is 0 Å². The van der Waals surface area contributed by atoms with Crippen LogP contribution in [0.25, 0.3) is 10.8 Å². The summed E-state index contributed by atoms with van der Waals surface area (Å²) in [4.78, 5) is 37.9. The number of fused-ring (bicyclic) bond motifs is 1. The molecule has 1 heterocycles. The number of amides is 3. The van der Waals surface area contributed by atoms with Gasteiger partial charge in [0.2, 0.25) is 0 Å². The number of hydrogen-bond acceptors (Lipinski definition) is 5. The van der Waals surface area contributed by atoms with E-state index in [1.54, 1.807) is 48.2 Å². The summed E-state index contributed by atoms with van der Waals surface area (Å²) in [5.41, 5.74) is 0.450. The molecule has 148 valence electrons. The van der Waals surface area contributed by atoms with Crippen molar-refractivity contribution in [2.45, 2.75) is 25.8 Å². The van der Waals surface area contributed by atoms with Crippen molar-refractivity contribution in [1.82, 2.24) is 10.2 Å². The van der Waals surface area contributed by atoms with E-state index in [1.807, 2.05) is 0 Å². The van der Waals surface area contributed by atoms with E-state index in [0.717, 1.165) is 0 Å². The number of ether oxygens (including phenoxy) is 1. The van der Waals surface area contributed by atoms with Gasteiger partial charge in [0.15, 0.2) is 0 Å². The summed E-state index contributed by atoms with van der Waals surface area (Å²) in [6.07, 6.45) is 0.754. The second-order valence-electron chi connectivity index (χ2n) is 6.57. The van der Waals surface area contributed by atoms with Gasteiger partial charge in [0, 0.05) is 35.6 Å². The van der Waals surface area contributed by atoms with Gasteiger partial charge in [-0.3, -0.25) is 9.59 Å². The molecule has 8 nitrogen and oxygen atoms in total. The molecule has 28 heavy (non-hydrogen) atoms. The maximum atomic E-state index is 12.3. The number of hydrogen-bond donors (Lipinski definition) is 3. The van der Waals surface area contributed by atoms with Crippen LogP contribution in [0.5, 0.6) is 5.75 Å². The molecule has 0 atom stereocenters. The van der Waals surface area contributed by atoms with Gasteiger partial charge in [0.25, 0.3) is 0 Å². The molecule has 2 aromatic carbocycles. The molecule has 0 saturated carbocycles. The molecule has 3 N–H and O–H groups in total. The lowest BCUT2D eigenvalue weighted by molar-refractivity contribution is -0.136. The van der Waals surface area contributed by atoms with E-state index in [0.29, 0.717) is 49.0 Å². The standard InChI is InChI=1S/C20H23N3O5/c1-2-28-20(27)23-11-9-13(10-12-23)21-18(25)19(26)22-16-7-3-6-15-14(16)5-4-8-17(15)24/h3-8,13,24H,2,9-12H2,1H3,(H,21,25)(H,22,26). The number of benzene rings is 2. The predicted octanol–water partition coefficient (Wildman–Crippen LogP) is 2.22. The second kappa shape index (κ2) is 8.60. The normalized spacial score (nSPS) is 14.5. The van der Waals surface area contributed by atoms with Gasteiger partial charge >= 0.3 is 17.9 Å². The van der Waals surface area contributed by atoms with Gasteiger partial charge in [0.1, 0.15) is 5.75 Å². The Labute approximate surface area is 162 Å². The number of likely N-dealkylation sites (tertiary alicyclic amines) is 1. The lowest BCUT2D eigenvalue weighted by atomic mass is 10.1. The Morgan fingerprint density at radius 3 is 2.46 bits per heavy atom. The van der Waals surface area contributed by atoms with E-state index in [9.17, 15) is 19.5 Å². The quantitative estimate of drug-likeness (QED) is 0.702. The number of carbonyl (C=O) groups is 3. The molecule has 1 aliphatic heterocycles. The first kappa shape index (κ1) is 19.5. The van der Waals surface area contributed by atoms with Crippen molar-refractivity contribution >= 4 is 34.4 Å². The van der Waals surface area contributed by atoms with Crippen LogP contribution in [0.4, 0.5) is 10.5 Å². The van der Waals surface area contributed by atoms with Crippen molar-refractivity contribution in [3.8, 4) is 5.75 Å². The number of piperidine rings is 1. The van der Waals surface area contributed by atoms with Crippen LogP contribution in [0.2, 0.25) is 0 Å². The number of nitrogens with zero attached hydrogens (tertiary/aromatic N) is 1. The number of aromatic hydroxyl groups is 1. The number of rotatable bonds is 3. The topological polar surface area (TPSA) is 108 Å². The maximum absolute atomic E-state index is 12.3. The van der Waals surface area contributed by atoms with E-state index in [4.69, 9.17) is 4.74 Å². The minimum absolute atomic E-state index is 0.103. The van der Waals surface area contributed by atoms with Crippen LogP contribution in [0, 0.1) is 0 Å². The molecular formula is C20H23N3O5. The molecule has 3 amide bonds. The zero-order valence-electron chi connectivity index (χ0n) is 15.6. The minimum Gasteiger partial charge on any atom is -0.507 e. The summed E-state index contributed by atoms with van der Waals surface area (Å²) in [6, 6.07) is 9.91. The molecule has 0 aliphatic carbocycles. The van der Waals surface area contributed by atoms with Crippen molar-refractivity contribution in [3.05, 3.63) is 36.4 Å². The van der Waals surface area contributed by atoms with Crippen LogP contribution in [0.1, 0.15) is 19.8 Å². The van der Waals surface area contributed by atoms with E-state index >= 15 is 0 Å². The predicted molar refractivity (Wildman–Crippen MR) is 104 cm³/mol. The molecule has 0 radical (unpaired) electrons. The van der Waals surface area contributed by atoms with E-state index in [2.05, 4.69) is 10.6 Å². The summed E-state index contributed by atoms with van der Waals surface area (Å²) < 4.78 is 4.96. The molecule has 1 fully saturated rings. The number of phenolic OH excluding ortho intramolecular Hbond substituents is 1. The van der Waals surface area contributed by atoms with Gasteiger partial charge in [0.05, 0.1) is 6.61 Å². The molecule has 0 spiro atoms. The highest BCUT2D eigenvalue weighted by Crippen LogP contribution is 2.29. The first-order valence-corrected chi connectivity index (χ1v) is 9.24. The van der Waals surface area contributed by atoms with Crippen LogP contribution in [-0.2, 0) is 14.3 Å². The average molecular weight is 385 g/mol. The Balaban J connectivity index is 1.57. The number of nitrogens with one attached hydrogen (secondary N) is 2. The summed E-state index contributed by atoms with van der Waals surface area (Å²) in [5, 5.41) is 16.5. The van der Waals surface area contributed by atoms with Gasteiger partial charge in [-0.2, -0.15) is 0 Å². The molecule has 0 aromatic heterocycles. The summed E-state index contributed by atoms with van der Waals surface area (Å²) in [6.45, 7) is 3.00. The SMILES string of the molecule is CCOC(=O)N1CCC(NC(=O)C(=O)Nc2cccc3c(O)cccc23)CC1. The highest BCUT2D eigenvalue weighted by Gasteiger charge is 2.26. The average Bonchev–Trinajstić information content (AvgIpc) is 2.69. The number of carbonyl (C=O) groups excluding carboxylic acids is 3. The molecular weight excluding hydrogens is 362 g/mol. The third kappa shape index (κ3) is 4.33. The summed E-state index contributed by atoms with van der Waals surface area (Å²) >= 11 is 0. The fourth-order valence-corrected chi connectivity index (χ4v) is 3.25. The fraction of sp³-hybridized carbons (Fsp3) is 0.350. The molecule has 8 heteroatoms. The minimum atomic E-state index is -0.774. The van der Waals surface area contributed by atoms with E-state index in [1.165, 1.54) is 0 Å². The van der Waals surface area contributed by atoms with E-state index in [-0.39, 0.29) is 17.9 Å². The zero-order valence-corrected chi connectivity index (χ0v) is 15.6. The Morgan fingerprint density at radius 1 is 1.07 bits per heavy atom. The summed E-state index contributed by atoms with van der Waals surface area (Å²) in [7, 11) is 0. The van der Waals surface area contributed by atoms with Crippen LogP contribution < -0.4 is 10.6 Å². The van der Waals surface area contributed by atoms with Gasteiger partial charge in [-0.15, -0.1) is 0 Å². The first-order valence-electron chi connectivity index (χ1n) is 9.24. The Morgan fingerprint density at radius 2 is 1.75 bits per heavy atom. The lowest BCUT2D eigenvalue weighted by Gasteiger charge is -2.31. The number of phenols is 1. The third-order valence-electron chi connectivity index (χ3n) is 4.71. The van der Waals surface area contributed by atoms with Crippen molar-refractivity contribution in [2.24, 2.45) is 0 Å².